The van der Waals surface area contributed by atoms with Crippen LogP contribution in [0.25, 0.3) is 10.9 Å². The van der Waals surface area contributed by atoms with Crippen LogP contribution < -0.4 is 10.1 Å². The molecular weight excluding hydrogens is 328 g/mol. The minimum Gasteiger partial charge on any atom is -0.456 e. The monoisotopic (exact) mass is 342 g/mol. The fraction of sp³-hybridized carbons (Fsp3) is 0.118. The van der Waals surface area contributed by atoms with E-state index < -0.39 is 0 Å². The predicted molar refractivity (Wildman–Crippen MR) is 88.7 cm³/mol. The highest BCUT2D eigenvalue weighted by Crippen LogP contribution is 2.31. The number of hydrogen-bond donors (Lipinski definition) is 1. The maximum Gasteiger partial charge on any atom is 0.141 e. The number of benzene rings is 2. The minimum absolute atomic E-state index is 0.781. The second-order valence-electron chi connectivity index (χ2n) is 4.76. The molecule has 0 atom stereocenters. The van der Waals surface area contributed by atoms with Crippen molar-refractivity contribution in [2.24, 2.45) is 0 Å². The van der Waals surface area contributed by atoms with Gasteiger partial charge < -0.3 is 10.1 Å². The van der Waals surface area contributed by atoms with Crippen LogP contribution in [0.3, 0.4) is 0 Å². The molecule has 0 aliphatic carbocycles. The number of rotatable bonds is 4. The zero-order valence-corrected chi connectivity index (χ0v) is 13.2. The predicted octanol–water partition coefficient (Wildman–Crippen LogP) is 4.51. The fourth-order valence-electron chi connectivity index (χ4n) is 2.18. The highest BCUT2D eigenvalue weighted by atomic mass is 79.9. The van der Waals surface area contributed by atoms with Crippen molar-refractivity contribution in [3.63, 3.8) is 0 Å². The number of nitrogens with one attached hydrogen (secondary N) is 1. The summed E-state index contributed by atoms with van der Waals surface area (Å²) in [6.07, 6.45) is 1.79. The largest absolute Gasteiger partial charge is 0.456 e. The van der Waals surface area contributed by atoms with Crippen molar-refractivity contribution in [1.82, 2.24) is 10.3 Å². The van der Waals surface area contributed by atoms with Crippen molar-refractivity contribution >= 4 is 26.8 Å². The first kappa shape index (κ1) is 14.0. The summed E-state index contributed by atoms with van der Waals surface area (Å²) in [5.74, 6) is 1.58. The third kappa shape index (κ3) is 3.23. The summed E-state index contributed by atoms with van der Waals surface area (Å²) in [7, 11) is 1.93. The molecular formula is C17H15BrN2O. The summed E-state index contributed by atoms with van der Waals surface area (Å²) >= 11 is 3.56. The molecule has 1 aromatic heterocycles. The van der Waals surface area contributed by atoms with Crippen LogP contribution in [0.2, 0.25) is 0 Å². The fourth-order valence-corrected chi connectivity index (χ4v) is 2.69. The van der Waals surface area contributed by atoms with Gasteiger partial charge in [-0.1, -0.05) is 12.1 Å². The lowest BCUT2D eigenvalue weighted by molar-refractivity contribution is 0.480. The number of fused-ring (bicyclic) bond motifs is 1. The summed E-state index contributed by atoms with van der Waals surface area (Å²) in [6, 6.07) is 16.0. The average Bonchev–Trinajstić information content (AvgIpc) is 2.50. The third-order valence-corrected chi connectivity index (χ3v) is 3.80. The van der Waals surface area contributed by atoms with Gasteiger partial charge in [-0.2, -0.15) is 0 Å². The summed E-state index contributed by atoms with van der Waals surface area (Å²) in [5, 5.41) is 4.24. The lowest BCUT2D eigenvalue weighted by Gasteiger charge is -2.10. The third-order valence-electron chi connectivity index (χ3n) is 3.18. The van der Waals surface area contributed by atoms with Crippen molar-refractivity contribution in [3.8, 4) is 11.5 Å². The molecule has 21 heavy (non-hydrogen) atoms. The Morgan fingerprint density at radius 2 is 2.05 bits per heavy atom. The Morgan fingerprint density at radius 3 is 2.86 bits per heavy atom. The maximum absolute atomic E-state index is 5.94. The summed E-state index contributed by atoms with van der Waals surface area (Å²) in [4.78, 5) is 4.34. The van der Waals surface area contributed by atoms with Gasteiger partial charge in [0, 0.05) is 24.2 Å². The van der Waals surface area contributed by atoms with Crippen LogP contribution in [0.4, 0.5) is 0 Å². The normalized spacial score (nSPS) is 10.8. The van der Waals surface area contributed by atoms with Crippen LogP contribution in [0.1, 0.15) is 5.56 Å². The zero-order chi connectivity index (χ0) is 14.7. The highest BCUT2D eigenvalue weighted by molar-refractivity contribution is 9.10. The Morgan fingerprint density at radius 1 is 1.14 bits per heavy atom. The number of hydrogen-bond acceptors (Lipinski definition) is 3. The second kappa shape index (κ2) is 6.24. The first-order valence-corrected chi connectivity index (χ1v) is 7.51. The van der Waals surface area contributed by atoms with Crippen molar-refractivity contribution in [2.45, 2.75) is 6.54 Å². The van der Waals surface area contributed by atoms with E-state index in [4.69, 9.17) is 4.74 Å². The van der Waals surface area contributed by atoms with Crippen LogP contribution >= 0.6 is 15.9 Å². The number of nitrogens with zero attached hydrogens (tertiary/aromatic N) is 1. The average molecular weight is 343 g/mol. The van der Waals surface area contributed by atoms with Crippen molar-refractivity contribution < 1.29 is 4.74 Å². The van der Waals surface area contributed by atoms with Gasteiger partial charge in [-0.3, -0.25) is 4.98 Å². The van der Waals surface area contributed by atoms with E-state index in [-0.39, 0.29) is 0 Å². The number of aromatic nitrogens is 1. The lowest BCUT2D eigenvalue weighted by Crippen LogP contribution is -2.04. The first-order valence-electron chi connectivity index (χ1n) is 6.72. The molecule has 0 saturated carbocycles. The number of ether oxygens (including phenoxy) is 1. The molecule has 1 heterocycles. The summed E-state index contributed by atoms with van der Waals surface area (Å²) < 4.78 is 6.88. The molecule has 0 aliphatic rings. The van der Waals surface area contributed by atoms with Gasteiger partial charge in [-0.15, -0.1) is 0 Å². The van der Waals surface area contributed by atoms with Crippen LogP contribution in [-0.4, -0.2) is 12.0 Å². The molecule has 4 heteroatoms. The molecule has 0 saturated heterocycles. The van der Waals surface area contributed by atoms with Crippen LogP contribution in [0.5, 0.6) is 11.5 Å². The van der Waals surface area contributed by atoms with E-state index in [0.29, 0.717) is 0 Å². The van der Waals surface area contributed by atoms with E-state index in [0.717, 1.165) is 33.4 Å². The van der Waals surface area contributed by atoms with Gasteiger partial charge in [-0.05, 0) is 58.9 Å². The summed E-state index contributed by atoms with van der Waals surface area (Å²) in [5.41, 5.74) is 2.13. The maximum atomic E-state index is 5.94. The number of pyridine rings is 1. The topological polar surface area (TPSA) is 34.1 Å². The van der Waals surface area contributed by atoms with E-state index in [1.54, 1.807) is 6.20 Å². The first-order chi connectivity index (χ1) is 10.3. The molecule has 3 rings (SSSR count). The van der Waals surface area contributed by atoms with E-state index >= 15 is 0 Å². The number of halogens is 1. The van der Waals surface area contributed by atoms with Gasteiger partial charge in [-0.25, -0.2) is 0 Å². The Labute approximate surface area is 132 Å². The Hall–Kier alpha value is -1.91. The molecule has 0 unspecified atom stereocenters. The molecule has 0 amide bonds. The van der Waals surface area contributed by atoms with Gasteiger partial charge in [0.1, 0.15) is 11.5 Å². The van der Waals surface area contributed by atoms with Crippen LogP contribution in [-0.2, 0) is 6.54 Å². The molecule has 2 aromatic carbocycles. The lowest BCUT2D eigenvalue weighted by atomic mass is 10.2. The Balaban J connectivity index is 1.87. The van der Waals surface area contributed by atoms with Gasteiger partial charge in [0.2, 0.25) is 0 Å². The van der Waals surface area contributed by atoms with Gasteiger partial charge in [0.05, 0.1) is 9.99 Å². The standard InChI is InChI=1S/C17H15BrN2O/c1-19-11-12-4-7-17(15(18)9-12)21-14-6-5-13-3-2-8-20-16(13)10-14/h2-10,19H,11H2,1H3. The van der Waals surface area contributed by atoms with Gasteiger partial charge in [0.15, 0.2) is 0 Å². The van der Waals surface area contributed by atoms with Crippen molar-refractivity contribution in [3.05, 3.63) is 64.8 Å². The highest BCUT2D eigenvalue weighted by Gasteiger charge is 2.05. The van der Waals surface area contributed by atoms with Crippen molar-refractivity contribution in [1.29, 1.82) is 0 Å². The molecule has 3 aromatic rings. The Bertz CT molecular complexity index is 774. The zero-order valence-electron chi connectivity index (χ0n) is 11.6. The van der Waals surface area contributed by atoms with E-state index in [1.807, 2.05) is 43.4 Å². The smallest absolute Gasteiger partial charge is 0.141 e. The molecule has 3 nitrogen and oxygen atoms in total. The van der Waals surface area contributed by atoms with Gasteiger partial charge in [0.25, 0.3) is 0 Å². The van der Waals surface area contributed by atoms with E-state index in [1.165, 1.54) is 5.56 Å². The molecule has 0 fully saturated rings. The minimum atomic E-state index is 0.781. The quantitative estimate of drug-likeness (QED) is 0.757. The molecule has 0 bridgehead atoms. The van der Waals surface area contributed by atoms with Crippen LogP contribution in [0.15, 0.2) is 59.2 Å². The second-order valence-corrected chi connectivity index (χ2v) is 5.61. The molecule has 0 aliphatic heterocycles. The molecule has 1 N–H and O–H groups in total. The summed E-state index contributed by atoms with van der Waals surface area (Å²) in [6.45, 7) is 0.832. The van der Waals surface area contributed by atoms with E-state index in [2.05, 4.69) is 38.4 Å². The van der Waals surface area contributed by atoms with Gasteiger partial charge >= 0.3 is 0 Å². The Kier molecular flexibility index (Phi) is 4.18. The molecule has 0 spiro atoms. The molecule has 0 radical (unpaired) electrons. The van der Waals surface area contributed by atoms with E-state index in [9.17, 15) is 0 Å². The van der Waals surface area contributed by atoms with Crippen molar-refractivity contribution in [2.75, 3.05) is 7.05 Å². The molecule has 106 valence electrons. The SMILES string of the molecule is CNCc1ccc(Oc2ccc3cccnc3c2)c(Br)c1. The van der Waals surface area contributed by atoms with Crippen LogP contribution in [0, 0.1) is 0 Å².